The van der Waals surface area contributed by atoms with Gasteiger partial charge in [-0.05, 0) is 64.4 Å². The fraction of sp³-hybridized carbons (Fsp3) is 0.682. The average Bonchev–Trinajstić information content (AvgIpc) is 3.00. The molecular weight excluding hydrogens is 342 g/mol. The second-order valence-electron chi connectivity index (χ2n) is 8.81. The quantitative estimate of drug-likeness (QED) is 0.861. The van der Waals surface area contributed by atoms with Gasteiger partial charge < -0.3 is 19.5 Å². The number of benzene rings is 1. The van der Waals surface area contributed by atoms with Crippen LogP contribution in [0.5, 0.6) is 0 Å². The van der Waals surface area contributed by atoms with E-state index in [1.807, 2.05) is 20.8 Å². The standard InChI is InChI=1S/C22H33NO4/c1-22(2,3)27-21(25)23-14-13-20(24)19(23)15-26-18-11-9-17(10-12-18)16-7-5-4-6-8-16/h4-8,17-20,24H,9-15H2,1-3H3/t17?,18?,19-,20-/m0/s1. The Hall–Kier alpha value is -1.59. The van der Waals surface area contributed by atoms with Crippen LogP contribution in [-0.2, 0) is 9.47 Å². The summed E-state index contributed by atoms with van der Waals surface area (Å²) in [6, 6.07) is 10.4. The molecule has 0 aromatic heterocycles. The van der Waals surface area contributed by atoms with Crippen molar-refractivity contribution in [3.63, 3.8) is 0 Å². The molecule has 1 aromatic carbocycles. The molecule has 0 unspecified atom stereocenters. The molecule has 2 aliphatic rings. The number of amides is 1. The topological polar surface area (TPSA) is 59.0 Å². The molecule has 1 aliphatic carbocycles. The van der Waals surface area contributed by atoms with Crippen LogP contribution in [0.3, 0.4) is 0 Å². The lowest BCUT2D eigenvalue weighted by Crippen LogP contribution is -2.45. The van der Waals surface area contributed by atoms with Crippen LogP contribution in [0.2, 0.25) is 0 Å². The van der Waals surface area contributed by atoms with E-state index in [0.717, 1.165) is 25.7 Å². The van der Waals surface area contributed by atoms with Gasteiger partial charge in [0.1, 0.15) is 5.60 Å². The Labute approximate surface area is 162 Å². The third-order valence-electron chi connectivity index (χ3n) is 5.59. The summed E-state index contributed by atoms with van der Waals surface area (Å²) < 4.78 is 11.6. The molecule has 1 aliphatic heterocycles. The molecule has 1 heterocycles. The zero-order chi connectivity index (χ0) is 19.4. The lowest BCUT2D eigenvalue weighted by Gasteiger charge is -2.32. The van der Waals surface area contributed by atoms with Crippen molar-refractivity contribution in [1.82, 2.24) is 4.90 Å². The summed E-state index contributed by atoms with van der Waals surface area (Å²) in [5.74, 6) is 0.612. The zero-order valence-corrected chi connectivity index (χ0v) is 16.8. The van der Waals surface area contributed by atoms with Crippen LogP contribution in [0.15, 0.2) is 30.3 Å². The van der Waals surface area contributed by atoms with Gasteiger partial charge in [0.25, 0.3) is 0 Å². The van der Waals surface area contributed by atoms with Gasteiger partial charge in [-0.3, -0.25) is 0 Å². The van der Waals surface area contributed by atoms with E-state index in [4.69, 9.17) is 9.47 Å². The molecular formula is C22H33NO4. The lowest BCUT2D eigenvalue weighted by atomic mass is 9.83. The van der Waals surface area contributed by atoms with E-state index in [-0.39, 0.29) is 18.2 Å². The van der Waals surface area contributed by atoms with Gasteiger partial charge in [-0.25, -0.2) is 4.79 Å². The first-order valence-corrected chi connectivity index (χ1v) is 10.2. The summed E-state index contributed by atoms with van der Waals surface area (Å²) in [4.78, 5) is 14.0. The summed E-state index contributed by atoms with van der Waals surface area (Å²) in [7, 11) is 0. The number of aliphatic hydroxyl groups is 1. The SMILES string of the molecule is CC(C)(C)OC(=O)N1CC[C@H](O)[C@@H]1COC1CCC(c2ccccc2)CC1. The average molecular weight is 376 g/mol. The highest BCUT2D eigenvalue weighted by Crippen LogP contribution is 2.34. The number of carbonyl (C=O) groups is 1. The number of carbonyl (C=O) groups excluding carboxylic acids is 1. The molecule has 2 fully saturated rings. The van der Waals surface area contributed by atoms with Crippen LogP contribution < -0.4 is 0 Å². The van der Waals surface area contributed by atoms with Crippen LogP contribution in [0.25, 0.3) is 0 Å². The van der Waals surface area contributed by atoms with E-state index in [2.05, 4.69) is 30.3 Å². The molecule has 1 aromatic rings. The van der Waals surface area contributed by atoms with Crippen LogP contribution in [0.4, 0.5) is 4.79 Å². The van der Waals surface area contributed by atoms with Crippen molar-refractivity contribution < 1.29 is 19.4 Å². The van der Waals surface area contributed by atoms with E-state index >= 15 is 0 Å². The lowest BCUT2D eigenvalue weighted by molar-refractivity contribution is -0.0337. The number of hydrogen-bond acceptors (Lipinski definition) is 4. The van der Waals surface area contributed by atoms with Crippen molar-refractivity contribution in [2.45, 2.75) is 82.6 Å². The van der Waals surface area contributed by atoms with Crippen LogP contribution in [0, 0.1) is 0 Å². The number of ether oxygens (including phenoxy) is 2. The minimum Gasteiger partial charge on any atom is -0.444 e. The highest BCUT2D eigenvalue weighted by Gasteiger charge is 2.39. The van der Waals surface area contributed by atoms with E-state index < -0.39 is 11.7 Å². The van der Waals surface area contributed by atoms with Gasteiger partial charge in [-0.2, -0.15) is 0 Å². The maximum Gasteiger partial charge on any atom is 0.410 e. The van der Waals surface area contributed by atoms with Crippen LogP contribution in [0.1, 0.15) is 64.4 Å². The predicted octanol–water partition coefficient (Wildman–Crippen LogP) is 4.10. The van der Waals surface area contributed by atoms with Gasteiger partial charge >= 0.3 is 6.09 Å². The fourth-order valence-electron chi connectivity index (χ4n) is 4.11. The summed E-state index contributed by atoms with van der Waals surface area (Å²) >= 11 is 0. The van der Waals surface area contributed by atoms with Crippen molar-refractivity contribution in [3.05, 3.63) is 35.9 Å². The van der Waals surface area contributed by atoms with E-state index in [1.165, 1.54) is 5.56 Å². The number of nitrogens with zero attached hydrogens (tertiary/aromatic N) is 1. The maximum absolute atomic E-state index is 12.4. The molecule has 0 radical (unpaired) electrons. The number of rotatable bonds is 4. The van der Waals surface area contributed by atoms with Crippen molar-refractivity contribution in [2.24, 2.45) is 0 Å². The molecule has 5 nitrogen and oxygen atoms in total. The fourth-order valence-corrected chi connectivity index (χ4v) is 4.11. The van der Waals surface area contributed by atoms with E-state index in [9.17, 15) is 9.90 Å². The number of hydrogen-bond donors (Lipinski definition) is 1. The Morgan fingerprint density at radius 2 is 1.78 bits per heavy atom. The monoisotopic (exact) mass is 375 g/mol. The molecule has 1 N–H and O–H groups in total. The summed E-state index contributed by atoms with van der Waals surface area (Å²) in [6.45, 7) is 6.46. The Balaban J connectivity index is 1.48. The third kappa shape index (κ3) is 5.45. The molecule has 27 heavy (non-hydrogen) atoms. The van der Waals surface area contributed by atoms with Crippen molar-refractivity contribution >= 4 is 6.09 Å². The molecule has 1 saturated heterocycles. The summed E-state index contributed by atoms with van der Waals surface area (Å²) in [5.41, 5.74) is 0.879. The molecule has 0 spiro atoms. The van der Waals surface area contributed by atoms with Gasteiger partial charge in [-0.15, -0.1) is 0 Å². The largest absolute Gasteiger partial charge is 0.444 e. The minimum absolute atomic E-state index is 0.207. The van der Waals surface area contributed by atoms with Gasteiger partial charge in [0.15, 0.2) is 0 Å². The Morgan fingerprint density at radius 3 is 2.41 bits per heavy atom. The molecule has 0 bridgehead atoms. The molecule has 1 saturated carbocycles. The summed E-state index contributed by atoms with van der Waals surface area (Å²) in [6.07, 6.45) is 4.17. The Kier molecular flexibility index (Phi) is 6.43. The van der Waals surface area contributed by atoms with Gasteiger partial charge in [-0.1, -0.05) is 30.3 Å². The maximum atomic E-state index is 12.4. The van der Waals surface area contributed by atoms with Gasteiger partial charge in [0.2, 0.25) is 0 Å². The first-order chi connectivity index (χ1) is 12.8. The Morgan fingerprint density at radius 1 is 1.11 bits per heavy atom. The van der Waals surface area contributed by atoms with Crippen molar-refractivity contribution in [2.75, 3.05) is 13.2 Å². The number of likely N-dealkylation sites (tertiary alicyclic amines) is 1. The van der Waals surface area contributed by atoms with Gasteiger partial charge in [0, 0.05) is 6.54 Å². The van der Waals surface area contributed by atoms with Crippen molar-refractivity contribution in [3.8, 4) is 0 Å². The van der Waals surface area contributed by atoms with E-state index in [0.29, 0.717) is 25.5 Å². The molecule has 1 amide bonds. The number of aliphatic hydroxyl groups excluding tert-OH is 1. The third-order valence-corrected chi connectivity index (χ3v) is 5.59. The van der Waals surface area contributed by atoms with Crippen LogP contribution in [-0.4, -0.2) is 53.1 Å². The summed E-state index contributed by atoms with van der Waals surface area (Å²) in [5, 5.41) is 10.3. The predicted molar refractivity (Wildman–Crippen MR) is 105 cm³/mol. The molecule has 5 heteroatoms. The van der Waals surface area contributed by atoms with E-state index in [1.54, 1.807) is 4.90 Å². The second kappa shape index (κ2) is 8.61. The normalized spacial score (nSPS) is 29.0. The molecule has 150 valence electrons. The smallest absolute Gasteiger partial charge is 0.410 e. The Bertz CT molecular complexity index is 604. The highest BCUT2D eigenvalue weighted by atomic mass is 16.6. The highest BCUT2D eigenvalue weighted by molar-refractivity contribution is 5.69. The van der Waals surface area contributed by atoms with Crippen LogP contribution >= 0.6 is 0 Å². The van der Waals surface area contributed by atoms with Crippen molar-refractivity contribution in [1.29, 1.82) is 0 Å². The van der Waals surface area contributed by atoms with Gasteiger partial charge in [0.05, 0.1) is 24.9 Å². The second-order valence-corrected chi connectivity index (χ2v) is 8.81. The molecule has 3 rings (SSSR count). The molecule has 2 atom stereocenters. The minimum atomic E-state index is -0.543. The first kappa shape index (κ1) is 20.2. The first-order valence-electron chi connectivity index (χ1n) is 10.2. The zero-order valence-electron chi connectivity index (χ0n) is 16.8.